The van der Waals surface area contributed by atoms with Gasteiger partial charge in [-0.1, -0.05) is 11.6 Å². The van der Waals surface area contributed by atoms with Crippen molar-refractivity contribution in [3.05, 3.63) is 49.6 Å². The van der Waals surface area contributed by atoms with E-state index in [2.05, 4.69) is 15.9 Å². The van der Waals surface area contributed by atoms with Crippen LogP contribution in [-0.2, 0) is 16.6 Å². The van der Waals surface area contributed by atoms with Gasteiger partial charge in [0.2, 0.25) is 10.0 Å². The quantitative estimate of drug-likeness (QED) is 0.648. The number of amides is 1. The number of benzene rings is 1. The molecule has 1 amide bonds. The van der Waals surface area contributed by atoms with Crippen molar-refractivity contribution in [1.29, 1.82) is 0 Å². The first kappa shape index (κ1) is 19.8. The number of sulfonamides is 1. The van der Waals surface area contributed by atoms with Gasteiger partial charge in [-0.05, 0) is 59.1 Å². The van der Waals surface area contributed by atoms with Gasteiger partial charge in [-0.15, -0.1) is 11.3 Å². The van der Waals surface area contributed by atoms with Crippen molar-refractivity contribution >= 4 is 54.8 Å². The minimum absolute atomic E-state index is 0.111. The lowest BCUT2D eigenvalue weighted by Gasteiger charge is -2.19. The second-order valence-electron chi connectivity index (χ2n) is 6.12. The van der Waals surface area contributed by atoms with E-state index in [9.17, 15) is 13.2 Å². The Kier molecular flexibility index (Phi) is 6.08. The van der Waals surface area contributed by atoms with Crippen LogP contribution in [0, 0.1) is 0 Å². The third-order valence-electron chi connectivity index (χ3n) is 4.24. The Morgan fingerprint density at radius 2 is 1.96 bits per heavy atom. The van der Waals surface area contributed by atoms with Crippen LogP contribution in [0.2, 0.25) is 5.02 Å². The van der Waals surface area contributed by atoms with Crippen molar-refractivity contribution in [3.63, 3.8) is 0 Å². The van der Waals surface area contributed by atoms with Gasteiger partial charge in [0, 0.05) is 25.0 Å². The molecule has 3 rings (SSSR count). The molecule has 0 atom stereocenters. The van der Waals surface area contributed by atoms with Crippen LogP contribution in [0.15, 0.2) is 39.0 Å². The molecule has 1 saturated heterocycles. The van der Waals surface area contributed by atoms with Crippen molar-refractivity contribution in [1.82, 2.24) is 9.21 Å². The molecule has 1 aromatic carbocycles. The van der Waals surface area contributed by atoms with E-state index >= 15 is 0 Å². The smallest absolute Gasteiger partial charge is 0.255 e. The van der Waals surface area contributed by atoms with Crippen LogP contribution in [0.25, 0.3) is 0 Å². The van der Waals surface area contributed by atoms with Crippen molar-refractivity contribution in [3.8, 4) is 0 Å². The summed E-state index contributed by atoms with van der Waals surface area (Å²) in [6.07, 6.45) is 1.72. The van der Waals surface area contributed by atoms with E-state index in [-0.39, 0.29) is 21.4 Å². The van der Waals surface area contributed by atoms with Crippen molar-refractivity contribution in [2.24, 2.45) is 0 Å². The summed E-state index contributed by atoms with van der Waals surface area (Å²) in [5.41, 5.74) is 0.199. The molecule has 5 nitrogen and oxygen atoms in total. The largest absolute Gasteiger partial charge is 0.337 e. The number of hydrogen-bond acceptors (Lipinski definition) is 4. The molecular formula is C17H18BrClN2O3S2. The fourth-order valence-corrected chi connectivity index (χ4v) is 6.13. The Morgan fingerprint density at radius 3 is 2.58 bits per heavy atom. The molecule has 9 heteroatoms. The molecule has 0 aliphatic carbocycles. The van der Waals surface area contributed by atoms with E-state index < -0.39 is 10.0 Å². The summed E-state index contributed by atoms with van der Waals surface area (Å²) < 4.78 is 27.9. The highest BCUT2D eigenvalue weighted by Gasteiger charge is 2.28. The molecule has 1 aliphatic heterocycles. The van der Waals surface area contributed by atoms with Crippen LogP contribution < -0.4 is 0 Å². The van der Waals surface area contributed by atoms with Gasteiger partial charge in [0.15, 0.2) is 0 Å². The summed E-state index contributed by atoms with van der Waals surface area (Å²) in [6.45, 7) is 1.46. The standard InChI is InChI=1S/C17H18BrClN2O3S2/c1-20(11-12-4-7-16(18)25-12)17(22)14-10-13(5-6-15(14)19)26(23,24)21-8-2-3-9-21/h4-7,10H,2-3,8-9,11H2,1H3. The Bertz CT molecular complexity index is 924. The number of hydrogen-bond donors (Lipinski definition) is 0. The lowest BCUT2D eigenvalue weighted by atomic mass is 10.2. The number of nitrogens with zero attached hydrogens (tertiary/aromatic N) is 2. The van der Waals surface area contributed by atoms with Crippen molar-refractivity contribution < 1.29 is 13.2 Å². The second kappa shape index (κ2) is 7.98. The van der Waals surface area contributed by atoms with Crippen LogP contribution >= 0.6 is 38.9 Å². The molecule has 1 fully saturated rings. The highest BCUT2D eigenvalue weighted by Crippen LogP contribution is 2.27. The van der Waals surface area contributed by atoms with E-state index in [1.165, 1.54) is 27.4 Å². The number of rotatable bonds is 5. The third-order valence-corrected chi connectivity index (χ3v) is 8.07. The molecule has 0 radical (unpaired) electrons. The number of thiophene rings is 1. The third kappa shape index (κ3) is 4.14. The minimum atomic E-state index is -3.59. The number of halogens is 2. The normalized spacial score (nSPS) is 15.3. The molecule has 1 aromatic heterocycles. The maximum atomic E-state index is 12.8. The second-order valence-corrected chi connectivity index (χ2v) is 11.0. The summed E-state index contributed by atoms with van der Waals surface area (Å²) in [4.78, 5) is 15.5. The van der Waals surface area contributed by atoms with Gasteiger partial charge < -0.3 is 4.90 Å². The van der Waals surface area contributed by atoms with Crippen molar-refractivity contribution in [2.75, 3.05) is 20.1 Å². The average molecular weight is 478 g/mol. The lowest BCUT2D eigenvalue weighted by molar-refractivity contribution is 0.0786. The fourth-order valence-electron chi connectivity index (χ4n) is 2.85. The van der Waals surface area contributed by atoms with Gasteiger partial charge in [-0.2, -0.15) is 4.31 Å². The molecule has 0 bridgehead atoms. The average Bonchev–Trinajstić information content (AvgIpc) is 3.26. The van der Waals surface area contributed by atoms with Gasteiger partial charge >= 0.3 is 0 Å². The minimum Gasteiger partial charge on any atom is -0.337 e. The van der Waals surface area contributed by atoms with Gasteiger partial charge in [-0.3, -0.25) is 4.79 Å². The molecular weight excluding hydrogens is 460 g/mol. The van der Waals surface area contributed by atoms with Gasteiger partial charge in [-0.25, -0.2) is 8.42 Å². The Balaban J connectivity index is 1.86. The molecule has 26 heavy (non-hydrogen) atoms. The monoisotopic (exact) mass is 476 g/mol. The number of carbonyl (C=O) groups is 1. The molecule has 2 heterocycles. The maximum Gasteiger partial charge on any atom is 0.255 e. The van der Waals surface area contributed by atoms with Crippen LogP contribution in [0.4, 0.5) is 0 Å². The first-order valence-electron chi connectivity index (χ1n) is 8.08. The fraction of sp³-hybridized carbons (Fsp3) is 0.353. The topological polar surface area (TPSA) is 57.7 Å². The van der Waals surface area contributed by atoms with Gasteiger partial charge in [0.25, 0.3) is 5.91 Å². The van der Waals surface area contributed by atoms with Crippen LogP contribution in [-0.4, -0.2) is 43.7 Å². The summed E-state index contributed by atoms with van der Waals surface area (Å²) in [5.74, 6) is -0.307. The van der Waals surface area contributed by atoms with Crippen molar-refractivity contribution in [2.45, 2.75) is 24.3 Å². The summed E-state index contributed by atoms with van der Waals surface area (Å²) in [7, 11) is -1.92. The molecule has 140 valence electrons. The zero-order valence-corrected chi connectivity index (χ0v) is 18.1. The molecule has 0 unspecified atom stereocenters. The summed E-state index contributed by atoms with van der Waals surface area (Å²) >= 11 is 11.1. The maximum absolute atomic E-state index is 12.8. The van der Waals surface area contributed by atoms with Gasteiger partial charge in [0.05, 0.1) is 25.8 Å². The first-order valence-corrected chi connectivity index (χ1v) is 11.5. The van der Waals surface area contributed by atoms with E-state index in [1.807, 2.05) is 12.1 Å². The molecule has 0 N–H and O–H groups in total. The molecule has 2 aromatic rings. The predicted molar refractivity (Wildman–Crippen MR) is 107 cm³/mol. The molecule has 1 aliphatic rings. The van der Waals surface area contributed by atoms with Crippen LogP contribution in [0.5, 0.6) is 0 Å². The van der Waals surface area contributed by atoms with E-state index in [1.54, 1.807) is 18.4 Å². The zero-order chi connectivity index (χ0) is 18.9. The Labute approximate surface area is 170 Å². The SMILES string of the molecule is CN(Cc1ccc(Br)s1)C(=O)c1cc(S(=O)(=O)N2CCCC2)ccc1Cl. The van der Waals surface area contributed by atoms with E-state index in [0.717, 1.165) is 21.5 Å². The van der Waals surface area contributed by atoms with E-state index in [4.69, 9.17) is 11.6 Å². The highest BCUT2D eigenvalue weighted by molar-refractivity contribution is 9.11. The number of carbonyl (C=O) groups excluding carboxylic acids is 1. The first-order chi connectivity index (χ1) is 12.3. The Morgan fingerprint density at radius 1 is 1.27 bits per heavy atom. The zero-order valence-electron chi connectivity index (χ0n) is 14.1. The lowest BCUT2D eigenvalue weighted by Crippen LogP contribution is -2.29. The summed E-state index contributed by atoms with van der Waals surface area (Å²) in [5, 5.41) is 0.245. The van der Waals surface area contributed by atoms with Gasteiger partial charge in [0.1, 0.15) is 0 Å². The van der Waals surface area contributed by atoms with E-state index in [0.29, 0.717) is 19.6 Å². The Hall–Kier alpha value is -0.930. The molecule has 0 spiro atoms. The summed E-state index contributed by atoms with van der Waals surface area (Å²) in [6, 6.07) is 8.19. The highest BCUT2D eigenvalue weighted by atomic mass is 79.9. The predicted octanol–water partition coefficient (Wildman–Crippen LogP) is 4.22. The van der Waals surface area contributed by atoms with Crippen LogP contribution in [0.3, 0.4) is 0 Å². The molecule has 0 saturated carbocycles. The van der Waals surface area contributed by atoms with Crippen LogP contribution in [0.1, 0.15) is 28.1 Å².